The number of benzene rings is 1. The number of aryl methyl sites for hydroxylation is 1. The number of likely N-dealkylation sites (tertiary alicyclic amines) is 1. The van der Waals surface area contributed by atoms with Crippen LogP contribution in [-0.4, -0.2) is 48.3 Å². The largest absolute Gasteiger partial charge is 0.354 e. The molecule has 1 aliphatic rings. The van der Waals surface area contributed by atoms with Crippen LogP contribution in [0.2, 0.25) is 0 Å². The van der Waals surface area contributed by atoms with Crippen molar-refractivity contribution in [2.45, 2.75) is 52.5 Å². The molecule has 1 atom stereocenters. The van der Waals surface area contributed by atoms with E-state index in [0.29, 0.717) is 44.5 Å². The first-order chi connectivity index (χ1) is 13.0. The molecule has 0 bridgehead atoms. The Morgan fingerprint density at radius 3 is 2.48 bits per heavy atom. The van der Waals surface area contributed by atoms with E-state index < -0.39 is 6.04 Å². The van der Waals surface area contributed by atoms with Crippen LogP contribution in [-0.2, 0) is 9.59 Å². The molecule has 1 fully saturated rings. The second-order valence-electron chi connectivity index (χ2n) is 7.18. The van der Waals surface area contributed by atoms with E-state index in [9.17, 15) is 14.4 Å². The maximum Gasteiger partial charge on any atom is 0.251 e. The fraction of sp³-hybridized carbons (Fsp3) is 0.571. The van der Waals surface area contributed by atoms with E-state index in [4.69, 9.17) is 0 Å². The van der Waals surface area contributed by atoms with Crippen molar-refractivity contribution in [2.75, 3.05) is 19.6 Å². The van der Waals surface area contributed by atoms with Gasteiger partial charge in [-0.1, -0.05) is 31.5 Å². The molecule has 3 amide bonds. The van der Waals surface area contributed by atoms with Crippen molar-refractivity contribution in [1.82, 2.24) is 15.5 Å². The van der Waals surface area contributed by atoms with Crippen LogP contribution in [0.5, 0.6) is 0 Å². The van der Waals surface area contributed by atoms with E-state index in [1.165, 1.54) is 0 Å². The van der Waals surface area contributed by atoms with Gasteiger partial charge in [0, 0.05) is 31.6 Å². The number of hydrogen-bond donors (Lipinski definition) is 2. The van der Waals surface area contributed by atoms with Crippen LogP contribution < -0.4 is 10.6 Å². The van der Waals surface area contributed by atoms with Crippen molar-refractivity contribution in [2.24, 2.45) is 5.92 Å². The molecule has 0 saturated carbocycles. The molecule has 0 radical (unpaired) electrons. The second-order valence-corrected chi connectivity index (χ2v) is 7.18. The lowest BCUT2D eigenvalue weighted by Gasteiger charge is -2.35. The highest BCUT2D eigenvalue weighted by Gasteiger charge is 2.33. The van der Waals surface area contributed by atoms with Gasteiger partial charge in [0.25, 0.3) is 5.91 Å². The van der Waals surface area contributed by atoms with E-state index in [1.807, 2.05) is 43.9 Å². The summed E-state index contributed by atoms with van der Waals surface area (Å²) in [4.78, 5) is 39.1. The number of nitrogens with one attached hydrogen (secondary N) is 2. The molecule has 2 rings (SSSR count). The van der Waals surface area contributed by atoms with Gasteiger partial charge in [-0.3, -0.25) is 14.4 Å². The minimum Gasteiger partial charge on any atom is -0.354 e. The molecule has 1 aromatic carbocycles. The summed E-state index contributed by atoms with van der Waals surface area (Å²) in [7, 11) is 0. The highest BCUT2D eigenvalue weighted by molar-refractivity contribution is 5.97. The molecule has 0 aliphatic carbocycles. The Morgan fingerprint density at radius 1 is 1.19 bits per heavy atom. The maximum absolute atomic E-state index is 12.7. The SMILES string of the molecule is CCCNC(=O)C(NC(=O)c1cccc(C)c1)C1CCN(C(=O)CC)CC1. The summed E-state index contributed by atoms with van der Waals surface area (Å²) < 4.78 is 0. The molecule has 1 aliphatic heterocycles. The Bertz CT molecular complexity index is 666. The van der Waals surface area contributed by atoms with E-state index in [1.54, 1.807) is 6.07 Å². The molecule has 1 unspecified atom stereocenters. The van der Waals surface area contributed by atoms with Gasteiger partial charge in [0.1, 0.15) is 6.04 Å². The first-order valence-corrected chi connectivity index (χ1v) is 9.89. The third-order valence-electron chi connectivity index (χ3n) is 5.06. The summed E-state index contributed by atoms with van der Waals surface area (Å²) in [5.41, 5.74) is 1.56. The second kappa shape index (κ2) is 10.1. The lowest BCUT2D eigenvalue weighted by atomic mass is 9.88. The summed E-state index contributed by atoms with van der Waals surface area (Å²) in [5, 5.41) is 5.85. The Kier molecular flexibility index (Phi) is 7.82. The first kappa shape index (κ1) is 20.9. The van der Waals surface area contributed by atoms with Crippen molar-refractivity contribution in [3.8, 4) is 0 Å². The molecule has 1 aromatic rings. The van der Waals surface area contributed by atoms with Gasteiger partial charge in [0.2, 0.25) is 11.8 Å². The van der Waals surface area contributed by atoms with Gasteiger partial charge < -0.3 is 15.5 Å². The fourth-order valence-electron chi connectivity index (χ4n) is 3.47. The topological polar surface area (TPSA) is 78.5 Å². The number of carbonyl (C=O) groups excluding carboxylic acids is 3. The summed E-state index contributed by atoms with van der Waals surface area (Å²) in [6, 6.07) is 6.77. The number of rotatable bonds is 7. The van der Waals surface area contributed by atoms with Crippen molar-refractivity contribution < 1.29 is 14.4 Å². The smallest absolute Gasteiger partial charge is 0.251 e. The molecule has 2 N–H and O–H groups in total. The normalized spacial score (nSPS) is 15.9. The number of nitrogens with zero attached hydrogens (tertiary/aromatic N) is 1. The molecule has 0 aromatic heterocycles. The highest BCUT2D eigenvalue weighted by atomic mass is 16.2. The Morgan fingerprint density at radius 2 is 1.89 bits per heavy atom. The molecular weight excluding hydrogens is 342 g/mol. The summed E-state index contributed by atoms with van der Waals surface area (Å²) in [5.74, 6) is -0.207. The Balaban J connectivity index is 2.08. The number of carbonyl (C=O) groups is 3. The zero-order valence-electron chi connectivity index (χ0n) is 16.6. The van der Waals surface area contributed by atoms with Crippen LogP contribution in [0, 0.1) is 12.8 Å². The quantitative estimate of drug-likeness (QED) is 0.770. The fourth-order valence-corrected chi connectivity index (χ4v) is 3.47. The Labute approximate surface area is 161 Å². The third kappa shape index (κ3) is 5.81. The van der Waals surface area contributed by atoms with Crippen LogP contribution >= 0.6 is 0 Å². The molecule has 1 heterocycles. The van der Waals surface area contributed by atoms with E-state index in [2.05, 4.69) is 10.6 Å². The summed E-state index contributed by atoms with van der Waals surface area (Å²) >= 11 is 0. The van der Waals surface area contributed by atoms with E-state index >= 15 is 0 Å². The standard InChI is InChI=1S/C21H31N3O3/c1-4-11-22-21(27)19(16-9-12-24(13-10-16)18(25)5-2)23-20(26)17-8-6-7-15(3)14-17/h6-8,14,16,19H,4-5,9-13H2,1-3H3,(H,22,27)(H,23,26). The van der Waals surface area contributed by atoms with Gasteiger partial charge in [0.15, 0.2) is 0 Å². The van der Waals surface area contributed by atoms with Gasteiger partial charge in [-0.05, 0) is 44.2 Å². The van der Waals surface area contributed by atoms with Crippen LogP contribution in [0.3, 0.4) is 0 Å². The van der Waals surface area contributed by atoms with Crippen LogP contribution in [0.1, 0.15) is 55.5 Å². The van der Waals surface area contributed by atoms with Crippen molar-refractivity contribution in [3.63, 3.8) is 0 Å². The van der Waals surface area contributed by atoms with Gasteiger partial charge in [-0.15, -0.1) is 0 Å². The predicted molar refractivity (Wildman–Crippen MR) is 105 cm³/mol. The average Bonchev–Trinajstić information content (AvgIpc) is 2.69. The molecular formula is C21H31N3O3. The minimum absolute atomic E-state index is 0.0246. The summed E-state index contributed by atoms with van der Waals surface area (Å²) in [6.07, 6.45) is 2.76. The molecule has 6 nitrogen and oxygen atoms in total. The van der Waals surface area contributed by atoms with Crippen molar-refractivity contribution in [3.05, 3.63) is 35.4 Å². The number of amides is 3. The van der Waals surface area contributed by atoms with E-state index in [-0.39, 0.29) is 23.6 Å². The van der Waals surface area contributed by atoms with Crippen LogP contribution in [0.25, 0.3) is 0 Å². The molecule has 0 spiro atoms. The molecule has 148 valence electrons. The Hall–Kier alpha value is -2.37. The number of hydrogen-bond acceptors (Lipinski definition) is 3. The van der Waals surface area contributed by atoms with Gasteiger partial charge in [0.05, 0.1) is 0 Å². The first-order valence-electron chi connectivity index (χ1n) is 9.89. The van der Waals surface area contributed by atoms with Crippen molar-refractivity contribution >= 4 is 17.7 Å². The molecule has 27 heavy (non-hydrogen) atoms. The predicted octanol–water partition coefficient (Wildman–Crippen LogP) is 2.27. The van der Waals surface area contributed by atoms with Crippen molar-refractivity contribution in [1.29, 1.82) is 0 Å². The van der Waals surface area contributed by atoms with Gasteiger partial charge in [-0.25, -0.2) is 0 Å². The van der Waals surface area contributed by atoms with Gasteiger partial charge >= 0.3 is 0 Å². The molecule has 1 saturated heterocycles. The molecule has 6 heteroatoms. The minimum atomic E-state index is -0.580. The lowest BCUT2D eigenvalue weighted by Crippen LogP contribution is -2.53. The monoisotopic (exact) mass is 373 g/mol. The highest BCUT2D eigenvalue weighted by Crippen LogP contribution is 2.22. The summed E-state index contributed by atoms with van der Waals surface area (Å²) in [6.45, 7) is 7.64. The lowest BCUT2D eigenvalue weighted by molar-refractivity contribution is -0.132. The zero-order chi connectivity index (χ0) is 19.8. The van der Waals surface area contributed by atoms with Crippen LogP contribution in [0.4, 0.5) is 0 Å². The third-order valence-corrected chi connectivity index (χ3v) is 5.06. The zero-order valence-corrected chi connectivity index (χ0v) is 16.6. The van der Waals surface area contributed by atoms with Gasteiger partial charge in [-0.2, -0.15) is 0 Å². The number of piperidine rings is 1. The average molecular weight is 373 g/mol. The van der Waals surface area contributed by atoms with E-state index in [0.717, 1.165) is 12.0 Å². The maximum atomic E-state index is 12.7. The van der Waals surface area contributed by atoms with Crippen LogP contribution in [0.15, 0.2) is 24.3 Å².